The highest BCUT2D eigenvalue weighted by molar-refractivity contribution is 6.01. The lowest BCUT2D eigenvalue weighted by Crippen LogP contribution is -2.50. The molecule has 7 nitrogen and oxygen atoms in total. The van der Waals surface area contributed by atoms with Gasteiger partial charge in [0.15, 0.2) is 11.5 Å². The minimum Gasteiger partial charge on any atom is -0.493 e. The number of carbonyl (C=O) groups excluding carboxylic acids is 2. The highest BCUT2D eigenvalue weighted by atomic mass is 16.5. The van der Waals surface area contributed by atoms with Crippen molar-refractivity contribution in [2.45, 2.75) is 44.6 Å². The van der Waals surface area contributed by atoms with Gasteiger partial charge in [0.25, 0.3) is 5.91 Å². The second-order valence-electron chi connectivity index (χ2n) is 10.3. The molecule has 0 saturated carbocycles. The number of fused-ring (bicyclic) bond motifs is 4. The van der Waals surface area contributed by atoms with E-state index in [1.807, 2.05) is 41.3 Å². The smallest absolute Gasteiger partial charge is 0.254 e. The largest absolute Gasteiger partial charge is 0.493 e. The average molecular weight is 492 g/mol. The molecule has 0 bridgehead atoms. The zero-order valence-corrected chi connectivity index (χ0v) is 21.6. The van der Waals surface area contributed by atoms with E-state index >= 15 is 0 Å². The monoisotopic (exact) mass is 491 g/mol. The summed E-state index contributed by atoms with van der Waals surface area (Å²) in [6.07, 6.45) is 4.14. The number of hydrogen-bond acceptors (Lipinski definition) is 5. The van der Waals surface area contributed by atoms with Crippen molar-refractivity contribution in [1.29, 1.82) is 0 Å². The molecule has 1 saturated heterocycles. The van der Waals surface area contributed by atoms with Gasteiger partial charge in [0.2, 0.25) is 5.91 Å². The number of rotatable bonds is 7. The zero-order chi connectivity index (χ0) is 25.2. The van der Waals surface area contributed by atoms with Crippen LogP contribution in [0.4, 0.5) is 0 Å². The van der Waals surface area contributed by atoms with Crippen molar-refractivity contribution < 1.29 is 19.1 Å². The first-order chi connectivity index (χ1) is 17.5. The lowest BCUT2D eigenvalue weighted by atomic mass is 9.75. The molecule has 3 heterocycles. The summed E-state index contributed by atoms with van der Waals surface area (Å²) in [6.45, 7) is 6.81. The molecule has 0 aromatic heterocycles. The van der Waals surface area contributed by atoms with Crippen LogP contribution in [0.25, 0.3) is 0 Å². The van der Waals surface area contributed by atoms with E-state index in [1.54, 1.807) is 14.2 Å². The Bertz CT molecular complexity index is 1130. The van der Waals surface area contributed by atoms with Crippen molar-refractivity contribution in [3.8, 4) is 11.5 Å². The molecule has 0 aliphatic carbocycles. The Kier molecular flexibility index (Phi) is 7.19. The molecule has 2 aromatic carbocycles. The number of amides is 2. The van der Waals surface area contributed by atoms with Gasteiger partial charge in [-0.2, -0.15) is 0 Å². The minimum absolute atomic E-state index is 0.0144. The van der Waals surface area contributed by atoms with Crippen LogP contribution in [0.5, 0.6) is 11.5 Å². The van der Waals surface area contributed by atoms with Gasteiger partial charge in [-0.1, -0.05) is 25.1 Å². The maximum Gasteiger partial charge on any atom is 0.254 e. The van der Waals surface area contributed by atoms with E-state index in [2.05, 4.69) is 17.1 Å². The fourth-order valence-electron chi connectivity index (χ4n) is 6.05. The van der Waals surface area contributed by atoms with Crippen LogP contribution in [-0.4, -0.2) is 68.6 Å². The van der Waals surface area contributed by atoms with Crippen molar-refractivity contribution >= 4 is 11.8 Å². The Labute approximate surface area is 213 Å². The van der Waals surface area contributed by atoms with Gasteiger partial charge in [0, 0.05) is 18.7 Å². The summed E-state index contributed by atoms with van der Waals surface area (Å²) < 4.78 is 11.1. The molecule has 7 heteroatoms. The van der Waals surface area contributed by atoms with E-state index in [-0.39, 0.29) is 17.9 Å². The number of nitrogens with zero attached hydrogens (tertiary/aromatic N) is 2. The fraction of sp³-hybridized carbons (Fsp3) is 0.517. The van der Waals surface area contributed by atoms with Gasteiger partial charge < -0.3 is 24.6 Å². The van der Waals surface area contributed by atoms with Gasteiger partial charge in [0.1, 0.15) is 0 Å². The summed E-state index contributed by atoms with van der Waals surface area (Å²) in [7, 11) is 3.24. The quantitative estimate of drug-likeness (QED) is 0.597. The standard InChI is InChI=1S/C29H37N3O4/c1-19-9-14-31(15-10-19)13-6-12-30-28(33)26-21-7-4-5-8-22(21)29(34)32-16-11-20-17-24(35-2)25(36-3)18-23(20)27(26)32/h4-5,7-8,17-19,26-27H,6,9-16H2,1-3H3,(H,30,33)/t26-,27-/m0/s1. The molecule has 2 aromatic rings. The SMILES string of the molecule is COc1cc2c(cc1OC)[C@H]1[C@@H](C(=O)NCCCN3CCC(C)CC3)c3ccccc3C(=O)N1CC2. The number of hydrogen-bond donors (Lipinski definition) is 1. The molecule has 2 amide bonds. The van der Waals surface area contributed by atoms with E-state index in [0.29, 0.717) is 36.6 Å². The highest BCUT2D eigenvalue weighted by Gasteiger charge is 2.46. The zero-order valence-electron chi connectivity index (χ0n) is 21.6. The Morgan fingerprint density at radius 3 is 2.50 bits per heavy atom. The Morgan fingerprint density at radius 2 is 1.75 bits per heavy atom. The van der Waals surface area contributed by atoms with E-state index < -0.39 is 5.92 Å². The summed E-state index contributed by atoms with van der Waals surface area (Å²) in [5.74, 6) is 1.57. The van der Waals surface area contributed by atoms with E-state index in [9.17, 15) is 9.59 Å². The summed E-state index contributed by atoms with van der Waals surface area (Å²) >= 11 is 0. The molecule has 0 unspecified atom stereocenters. The third kappa shape index (κ3) is 4.57. The average Bonchev–Trinajstić information content (AvgIpc) is 2.91. The van der Waals surface area contributed by atoms with Crippen molar-refractivity contribution in [3.05, 3.63) is 58.7 Å². The maximum absolute atomic E-state index is 13.8. The molecular formula is C29H37N3O4. The highest BCUT2D eigenvalue weighted by Crippen LogP contribution is 2.48. The molecule has 1 N–H and O–H groups in total. The summed E-state index contributed by atoms with van der Waals surface area (Å²) in [6, 6.07) is 11.1. The van der Waals surface area contributed by atoms with Crippen molar-refractivity contribution in [3.63, 3.8) is 0 Å². The molecule has 3 aliphatic rings. The molecular weight excluding hydrogens is 454 g/mol. The van der Waals surface area contributed by atoms with Crippen LogP contribution >= 0.6 is 0 Å². The summed E-state index contributed by atoms with van der Waals surface area (Å²) in [5, 5.41) is 3.21. The van der Waals surface area contributed by atoms with Crippen LogP contribution < -0.4 is 14.8 Å². The topological polar surface area (TPSA) is 71.1 Å². The number of methoxy groups -OCH3 is 2. The minimum atomic E-state index is -0.480. The number of benzene rings is 2. The second-order valence-corrected chi connectivity index (χ2v) is 10.3. The molecule has 192 valence electrons. The van der Waals surface area contributed by atoms with Crippen LogP contribution in [-0.2, 0) is 11.2 Å². The van der Waals surface area contributed by atoms with Gasteiger partial charge >= 0.3 is 0 Å². The van der Waals surface area contributed by atoms with Gasteiger partial charge in [-0.15, -0.1) is 0 Å². The maximum atomic E-state index is 13.8. The molecule has 5 rings (SSSR count). The lowest BCUT2D eigenvalue weighted by Gasteiger charge is -2.45. The fourth-order valence-corrected chi connectivity index (χ4v) is 6.05. The summed E-state index contributed by atoms with van der Waals surface area (Å²) in [4.78, 5) is 31.7. The first-order valence-corrected chi connectivity index (χ1v) is 13.2. The predicted octanol–water partition coefficient (Wildman–Crippen LogP) is 3.78. The van der Waals surface area contributed by atoms with Crippen molar-refractivity contribution in [2.75, 3.05) is 46.9 Å². The van der Waals surface area contributed by atoms with Gasteiger partial charge in [-0.05, 0) is 86.1 Å². The molecule has 2 atom stereocenters. The third-order valence-electron chi connectivity index (χ3n) is 8.13. The number of piperidine rings is 1. The van der Waals surface area contributed by atoms with E-state index in [1.165, 1.54) is 12.8 Å². The molecule has 36 heavy (non-hydrogen) atoms. The predicted molar refractivity (Wildman–Crippen MR) is 139 cm³/mol. The Morgan fingerprint density at radius 1 is 1.03 bits per heavy atom. The van der Waals surface area contributed by atoms with Crippen LogP contribution in [0.1, 0.15) is 65.2 Å². The van der Waals surface area contributed by atoms with Crippen LogP contribution in [0.2, 0.25) is 0 Å². The van der Waals surface area contributed by atoms with Gasteiger partial charge in [0.05, 0.1) is 26.2 Å². The molecule has 3 aliphatic heterocycles. The van der Waals surface area contributed by atoms with Crippen molar-refractivity contribution in [1.82, 2.24) is 15.1 Å². The molecule has 0 radical (unpaired) electrons. The van der Waals surface area contributed by atoms with Crippen LogP contribution in [0.3, 0.4) is 0 Å². The van der Waals surface area contributed by atoms with E-state index in [4.69, 9.17) is 9.47 Å². The summed E-state index contributed by atoms with van der Waals surface area (Å²) in [5.41, 5.74) is 3.48. The molecule has 0 spiro atoms. The Hall–Kier alpha value is -3.06. The van der Waals surface area contributed by atoms with Crippen LogP contribution in [0.15, 0.2) is 36.4 Å². The number of carbonyl (C=O) groups is 2. The Balaban J connectivity index is 1.40. The van der Waals surface area contributed by atoms with Crippen LogP contribution in [0, 0.1) is 5.92 Å². The third-order valence-corrected chi connectivity index (χ3v) is 8.13. The van der Waals surface area contributed by atoms with Gasteiger partial charge in [-0.3, -0.25) is 9.59 Å². The number of likely N-dealkylation sites (tertiary alicyclic amines) is 1. The van der Waals surface area contributed by atoms with Gasteiger partial charge in [-0.25, -0.2) is 0 Å². The second kappa shape index (κ2) is 10.5. The van der Waals surface area contributed by atoms with Crippen molar-refractivity contribution in [2.24, 2.45) is 5.92 Å². The number of nitrogens with one attached hydrogen (secondary N) is 1. The normalized spacial score (nSPS) is 21.9. The first-order valence-electron chi connectivity index (χ1n) is 13.2. The van der Waals surface area contributed by atoms with E-state index in [0.717, 1.165) is 48.7 Å². The first kappa shape index (κ1) is 24.6. The number of ether oxygens (including phenoxy) is 2. The molecule has 1 fully saturated rings. The lowest BCUT2D eigenvalue weighted by molar-refractivity contribution is -0.124.